The van der Waals surface area contributed by atoms with Gasteiger partial charge in [-0.3, -0.25) is 19.5 Å². The van der Waals surface area contributed by atoms with Gasteiger partial charge in [-0.2, -0.15) is 0 Å². The van der Waals surface area contributed by atoms with Crippen molar-refractivity contribution < 1.29 is 9.59 Å². The van der Waals surface area contributed by atoms with Crippen LogP contribution >= 0.6 is 11.3 Å². The Bertz CT molecular complexity index is 831. The van der Waals surface area contributed by atoms with Gasteiger partial charge in [-0.1, -0.05) is 25.8 Å². The van der Waals surface area contributed by atoms with Gasteiger partial charge < -0.3 is 4.90 Å². The molecular formula is C22H27N3O2S. The zero-order chi connectivity index (χ0) is 19.9. The van der Waals surface area contributed by atoms with Gasteiger partial charge in [0.25, 0.3) is 11.8 Å². The Labute approximate surface area is 170 Å². The third-order valence-electron chi connectivity index (χ3n) is 5.01. The highest BCUT2D eigenvalue weighted by Crippen LogP contribution is 2.34. The lowest BCUT2D eigenvalue weighted by atomic mass is 10.1. The Morgan fingerprint density at radius 2 is 1.86 bits per heavy atom. The Kier molecular flexibility index (Phi) is 6.98. The molecule has 3 heterocycles. The molecule has 0 fully saturated rings. The van der Waals surface area contributed by atoms with Crippen LogP contribution in [0.25, 0.3) is 5.57 Å². The molecule has 0 saturated carbocycles. The van der Waals surface area contributed by atoms with Crippen LogP contribution in [0.15, 0.2) is 47.7 Å². The van der Waals surface area contributed by atoms with Crippen molar-refractivity contribution in [2.75, 3.05) is 19.6 Å². The number of nitrogens with zero attached hydrogens (tertiary/aromatic N) is 3. The highest BCUT2D eigenvalue weighted by Gasteiger charge is 2.41. The molecule has 0 N–H and O–H groups in total. The van der Waals surface area contributed by atoms with E-state index < -0.39 is 0 Å². The number of carbonyl (C=O) groups is 2. The van der Waals surface area contributed by atoms with Gasteiger partial charge in [0.05, 0.1) is 5.57 Å². The van der Waals surface area contributed by atoms with E-state index in [0.717, 1.165) is 30.6 Å². The highest BCUT2D eigenvalue weighted by molar-refractivity contribution is 7.11. The minimum atomic E-state index is -0.152. The topological polar surface area (TPSA) is 53.5 Å². The van der Waals surface area contributed by atoms with Gasteiger partial charge in [0.1, 0.15) is 5.70 Å². The minimum absolute atomic E-state index is 0.152. The predicted octanol–water partition coefficient (Wildman–Crippen LogP) is 3.98. The summed E-state index contributed by atoms with van der Waals surface area (Å²) in [5.41, 5.74) is 2.29. The van der Waals surface area contributed by atoms with Gasteiger partial charge in [0.15, 0.2) is 0 Å². The first kappa shape index (κ1) is 20.3. The van der Waals surface area contributed by atoms with E-state index in [1.54, 1.807) is 12.4 Å². The van der Waals surface area contributed by atoms with Crippen LogP contribution in [0.3, 0.4) is 0 Å². The lowest BCUT2D eigenvalue weighted by Gasteiger charge is -2.24. The number of pyridine rings is 1. The number of hydrogen-bond acceptors (Lipinski definition) is 5. The van der Waals surface area contributed by atoms with E-state index in [0.29, 0.717) is 30.9 Å². The summed E-state index contributed by atoms with van der Waals surface area (Å²) in [5, 5.41) is 1.95. The van der Waals surface area contributed by atoms with Gasteiger partial charge in [-0.05, 0) is 48.9 Å². The second kappa shape index (κ2) is 9.64. The van der Waals surface area contributed by atoms with Gasteiger partial charge >= 0.3 is 0 Å². The molecular weight excluding hydrogens is 370 g/mol. The monoisotopic (exact) mass is 397 g/mol. The summed E-state index contributed by atoms with van der Waals surface area (Å²) < 4.78 is 0. The summed E-state index contributed by atoms with van der Waals surface area (Å²) in [5.74, 6) is -0.304. The quantitative estimate of drug-likeness (QED) is 0.450. The molecule has 0 aromatic carbocycles. The second-order valence-corrected chi connectivity index (χ2v) is 7.80. The predicted molar refractivity (Wildman–Crippen MR) is 113 cm³/mol. The van der Waals surface area contributed by atoms with Crippen LogP contribution in [-0.2, 0) is 16.0 Å². The van der Waals surface area contributed by atoms with E-state index in [1.165, 1.54) is 21.8 Å². The molecule has 28 heavy (non-hydrogen) atoms. The van der Waals surface area contributed by atoms with Crippen molar-refractivity contribution in [1.29, 1.82) is 0 Å². The lowest BCUT2D eigenvalue weighted by Crippen LogP contribution is -2.36. The Morgan fingerprint density at radius 1 is 1.07 bits per heavy atom. The third kappa shape index (κ3) is 4.33. The van der Waals surface area contributed by atoms with Crippen molar-refractivity contribution in [1.82, 2.24) is 14.8 Å². The molecule has 0 bridgehead atoms. The first-order valence-electron chi connectivity index (χ1n) is 9.95. The number of aromatic nitrogens is 1. The summed E-state index contributed by atoms with van der Waals surface area (Å²) in [6.07, 6.45) is 7.28. The van der Waals surface area contributed by atoms with E-state index in [9.17, 15) is 9.59 Å². The number of likely N-dealkylation sites (N-methyl/N-ethyl adjacent to an activating group) is 1. The molecule has 148 valence electrons. The largest absolute Gasteiger partial charge is 0.366 e. The Hall–Kier alpha value is -2.47. The van der Waals surface area contributed by atoms with Gasteiger partial charge in [0, 0.05) is 36.9 Å². The molecule has 5 nitrogen and oxygen atoms in total. The molecule has 6 heteroatoms. The maximum Gasteiger partial charge on any atom is 0.277 e. The number of carbonyl (C=O) groups excluding carboxylic acids is 2. The second-order valence-electron chi connectivity index (χ2n) is 6.86. The molecule has 0 spiro atoms. The molecule has 2 aromatic rings. The van der Waals surface area contributed by atoms with Crippen molar-refractivity contribution in [3.8, 4) is 0 Å². The summed E-state index contributed by atoms with van der Waals surface area (Å²) in [6, 6.07) is 7.83. The van der Waals surface area contributed by atoms with E-state index in [2.05, 4.69) is 16.8 Å². The zero-order valence-electron chi connectivity index (χ0n) is 16.6. The minimum Gasteiger partial charge on any atom is -0.366 e. The fourth-order valence-electron chi connectivity index (χ4n) is 3.46. The standard InChI is InChI=1S/C22H27N3O2S/c1-3-5-6-14-25-21(26)19(18-8-7-16-28-18)20(22(25)27)24(4-2)15-11-17-9-12-23-13-10-17/h7-10,12-13,16H,3-6,11,14-15H2,1-2H3. The van der Waals surface area contributed by atoms with Crippen molar-refractivity contribution in [3.63, 3.8) is 0 Å². The van der Waals surface area contributed by atoms with Crippen molar-refractivity contribution in [2.24, 2.45) is 0 Å². The number of rotatable bonds is 10. The molecule has 0 aliphatic carbocycles. The summed E-state index contributed by atoms with van der Waals surface area (Å²) in [7, 11) is 0. The van der Waals surface area contributed by atoms with Gasteiger partial charge in [-0.15, -0.1) is 11.3 Å². The van der Waals surface area contributed by atoms with Crippen LogP contribution in [0.2, 0.25) is 0 Å². The van der Waals surface area contributed by atoms with Gasteiger partial charge in [-0.25, -0.2) is 0 Å². The third-order valence-corrected chi connectivity index (χ3v) is 5.90. The van der Waals surface area contributed by atoms with Crippen LogP contribution in [0.5, 0.6) is 0 Å². The normalized spacial score (nSPS) is 14.3. The molecule has 2 amide bonds. The number of imide groups is 1. The summed E-state index contributed by atoms with van der Waals surface area (Å²) >= 11 is 1.51. The van der Waals surface area contributed by atoms with E-state index >= 15 is 0 Å². The molecule has 1 aliphatic rings. The smallest absolute Gasteiger partial charge is 0.277 e. The van der Waals surface area contributed by atoms with Crippen molar-refractivity contribution in [2.45, 2.75) is 39.5 Å². The summed E-state index contributed by atoms with van der Waals surface area (Å²) in [4.78, 5) is 34.8. The van der Waals surface area contributed by atoms with Crippen LogP contribution in [0.1, 0.15) is 43.6 Å². The first-order chi connectivity index (χ1) is 13.7. The molecule has 0 radical (unpaired) electrons. The lowest BCUT2D eigenvalue weighted by molar-refractivity contribution is -0.137. The molecule has 0 unspecified atom stereocenters. The number of amides is 2. The first-order valence-corrected chi connectivity index (χ1v) is 10.8. The Balaban J connectivity index is 1.87. The van der Waals surface area contributed by atoms with E-state index in [4.69, 9.17) is 0 Å². The highest BCUT2D eigenvalue weighted by atomic mass is 32.1. The molecule has 3 rings (SSSR count). The van der Waals surface area contributed by atoms with Crippen LogP contribution in [-0.4, -0.2) is 46.2 Å². The van der Waals surface area contributed by atoms with Crippen LogP contribution < -0.4 is 0 Å². The molecule has 0 atom stereocenters. The number of unbranched alkanes of at least 4 members (excludes halogenated alkanes) is 2. The Morgan fingerprint density at radius 3 is 2.50 bits per heavy atom. The van der Waals surface area contributed by atoms with Crippen LogP contribution in [0.4, 0.5) is 0 Å². The molecule has 2 aromatic heterocycles. The molecule has 0 saturated heterocycles. The fraction of sp³-hybridized carbons (Fsp3) is 0.409. The van der Waals surface area contributed by atoms with Crippen molar-refractivity contribution >= 4 is 28.7 Å². The fourth-order valence-corrected chi connectivity index (χ4v) is 4.23. The van der Waals surface area contributed by atoms with Gasteiger partial charge in [0.2, 0.25) is 0 Å². The number of hydrogen-bond donors (Lipinski definition) is 0. The van der Waals surface area contributed by atoms with Crippen LogP contribution in [0, 0.1) is 0 Å². The SMILES string of the molecule is CCCCCN1C(=O)C(c2cccs2)=C(N(CC)CCc2ccncc2)C1=O. The maximum absolute atomic E-state index is 13.2. The average molecular weight is 398 g/mol. The number of thiophene rings is 1. The van der Waals surface area contributed by atoms with E-state index in [-0.39, 0.29) is 11.8 Å². The van der Waals surface area contributed by atoms with Crippen molar-refractivity contribution in [3.05, 3.63) is 58.2 Å². The summed E-state index contributed by atoms with van der Waals surface area (Å²) in [6.45, 7) is 6.00. The average Bonchev–Trinajstić information content (AvgIpc) is 3.32. The zero-order valence-corrected chi connectivity index (χ0v) is 17.4. The van der Waals surface area contributed by atoms with E-state index in [1.807, 2.05) is 36.6 Å². The maximum atomic E-state index is 13.2. The molecule has 1 aliphatic heterocycles.